The highest BCUT2D eigenvalue weighted by Crippen LogP contribution is 2.36. The lowest BCUT2D eigenvalue weighted by atomic mass is 10.1. The van der Waals surface area contributed by atoms with Gasteiger partial charge in [-0.15, -0.1) is 0 Å². The van der Waals surface area contributed by atoms with Gasteiger partial charge in [0.25, 0.3) is 15.9 Å². The van der Waals surface area contributed by atoms with E-state index in [1.807, 2.05) is 38.1 Å². The zero-order valence-corrected chi connectivity index (χ0v) is 17.0. The number of fused-ring (bicyclic) bond motifs is 1. The summed E-state index contributed by atoms with van der Waals surface area (Å²) in [5.74, 6) is -0.289. The van der Waals surface area contributed by atoms with Gasteiger partial charge in [0.05, 0.1) is 10.6 Å². The highest BCUT2D eigenvalue weighted by atomic mass is 32.2. The number of anilines is 1. The lowest BCUT2D eigenvalue weighted by Crippen LogP contribution is -2.36. The number of hydrogen-bond donors (Lipinski definition) is 1. The van der Waals surface area contributed by atoms with Crippen molar-refractivity contribution in [3.8, 4) is 0 Å². The van der Waals surface area contributed by atoms with Crippen LogP contribution in [0, 0.1) is 0 Å². The SMILES string of the molecule is CCOCCCNC(=O)c1cccc(S(=O)(=O)N2c3ccccc3CC2C)c1. The second kappa shape index (κ2) is 8.75. The molecule has 6 nitrogen and oxygen atoms in total. The topological polar surface area (TPSA) is 75.7 Å². The Bertz CT molecular complexity index is 943. The molecule has 1 heterocycles. The van der Waals surface area contributed by atoms with Gasteiger partial charge in [-0.25, -0.2) is 8.42 Å². The highest BCUT2D eigenvalue weighted by Gasteiger charge is 2.36. The van der Waals surface area contributed by atoms with Gasteiger partial charge in [-0.2, -0.15) is 0 Å². The number of ether oxygens (including phenoxy) is 1. The van der Waals surface area contributed by atoms with E-state index < -0.39 is 10.0 Å². The minimum absolute atomic E-state index is 0.123. The van der Waals surface area contributed by atoms with Crippen LogP contribution in [0.5, 0.6) is 0 Å². The molecular weight excluding hydrogens is 376 g/mol. The third kappa shape index (κ3) is 4.20. The van der Waals surface area contributed by atoms with Crippen molar-refractivity contribution in [2.75, 3.05) is 24.1 Å². The van der Waals surface area contributed by atoms with E-state index in [0.717, 1.165) is 5.56 Å². The van der Waals surface area contributed by atoms with Crippen LogP contribution in [0.1, 0.15) is 36.2 Å². The Hall–Kier alpha value is -2.38. The van der Waals surface area contributed by atoms with Gasteiger partial charge in [-0.3, -0.25) is 9.10 Å². The Morgan fingerprint density at radius 3 is 2.79 bits per heavy atom. The number of carbonyl (C=O) groups is 1. The van der Waals surface area contributed by atoms with Crippen LogP contribution in [0.2, 0.25) is 0 Å². The van der Waals surface area contributed by atoms with E-state index in [2.05, 4.69) is 5.32 Å². The van der Waals surface area contributed by atoms with Crippen molar-refractivity contribution < 1.29 is 17.9 Å². The molecule has 1 aliphatic heterocycles. The molecule has 1 unspecified atom stereocenters. The minimum Gasteiger partial charge on any atom is -0.382 e. The summed E-state index contributed by atoms with van der Waals surface area (Å²) in [7, 11) is -3.76. The molecule has 1 N–H and O–H groups in total. The molecule has 2 aromatic carbocycles. The van der Waals surface area contributed by atoms with Gasteiger partial charge in [0.15, 0.2) is 0 Å². The number of amides is 1. The second-order valence-electron chi connectivity index (χ2n) is 6.82. The zero-order chi connectivity index (χ0) is 20.1. The number of rotatable bonds is 8. The van der Waals surface area contributed by atoms with E-state index in [9.17, 15) is 13.2 Å². The molecule has 0 bridgehead atoms. The van der Waals surface area contributed by atoms with Crippen molar-refractivity contribution in [2.24, 2.45) is 0 Å². The van der Waals surface area contributed by atoms with Gasteiger partial charge < -0.3 is 10.1 Å². The van der Waals surface area contributed by atoms with E-state index in [1.54, 1.807) is 12.1 Å². The van der Waals surface area contributed by atoms with E-state index in [-0.39, 0.29) is 16.8 Å². The molecule has 0 saturated heterocycles. The number of nitrogens with zero attached hydrogens (tertiary/aromatic N) is 1. The third-order valence-electron chi connectivity index (χ3n) is 4.75. The molecule has 2 aromatic rings. The van der Waals surface area contributed by atoms with Gasteiger partial charge >= 0.3 is 0 Å². The normalized spacial score (nSPS) is 16.1. The Labute approximate surface area is 166 Å². The van der Waals surface area contributed by atoms with Crippen LogP contribution in [0.3, 0.4) is 0 Å². The van der Waals surface area contributed by atoms with Crippen LogP contribution in [0.15, 0.2) is 53.4 Å². The van der Waals surface area contributed by atoms with Gasteiger partial charge in [0.2, 0.25) is 0 Å². The van der Waals surface area contributed by atoms with Crippen LogP contribution in [0.4, 0.5) is 5.69 Å². The summed E-state index contributed by atoms with van der Waals surface area (Å²) in [5, 5.41) is 2.80. The predicted octanol–water partition coefficient (Wildman–Crippen LogP) is 2.98. The van der Waals surface area contributed by atoms with E-state index in [1.165, 1.54) is 16.4 Å². The number of carbonyl (C=O) groups excluding carboxylic acids is 1. The summed E-state index contributed by atoms with van der Waals surface area (Å²) in [6.45, 7) is 5.52. The quantitative estimate of drug-likeness (QED) is 0.689. The standard InChI is InChI=1S/C21H26N2O4S/c1-3-27-13-7-12-22-21(24)18-9-6-10-19(15-18)28(25,26)23-16(2)14-17-8-4-5-11-20(17)23/h4-6,8-11,15-16H,3,7,12-14H2,1-2H3,(H,22,24). The molecule has 0 radical (unpaired) electrons. The number of benzene rings is 2. The summed E-state index contributed by atoms with van der Waals surface area (Å²) >= 11 is 0. The maximum absolute atomic E-state index is 13.3. The van der Waals surface area contributed by atoms with Crippen LogP contribution >= 0.6 is 0 Å². The molecule has 0 aromatic heterocycles. The van der Waals surface area contributed by atoms with E-state index in [0.29, 0.717) is 43.9 Å². The van der Waals surface area contributed by atoms with Gasteiger partial charge in [0, 0.05) is 31.4 Å². The smallest absolute Gasteiger partial charge is 0.264 e. The molecule has 150 valence electrons. The van der Waals surface area contributed by atoms with Gasteiger partial charge in [-0.1, -0.05) is 24.3 Å². The summed E-state index contributed by atoms with van der Waals surface area (Å²) in [4.78, 5) is 12.5. The third-order valence-corrected chi connectivity index (χ3v) is 6.68. The van der Waals surface area contributed by atoms with Crippen LogP contribution in [0.25, 0.3) is 0 Å². The van der Waals surface area contributed by atoms with E-state index >= 15 is 0 Å². The van der Waals surface area contributed by atoms with Crippen LogP contribution in [-0.2, 0) is 21.2 Å². The molecule has 0 spiro atoms. The summed E-state index contributed by atoms with van der Waals surface area (Å²) in [6.07, 6.45) is 1.38. The van der Waals surface area contributed by atoms with Crippen molar-refractivity contribution >= 4 is 21.6 Å². The van der Waals surface area contributed by atoms with Crippen molar-refractivity contribution in [2.45, 2.75) is 37.6 Å². The van der Waals surface area contributed by atoms with Crippen molar-refractivity contribution in [1.29, 1.82) is 0 Å². The van der Waals surface area contributed by atoms with E-state index in [4.69, 9.17) is 4.74 Å². The first-order valence-electron chi connectivity index (χ1n) is 9.53. The monoisotopic (exact) mass is 402 g/mol. The Morgan fingerprint density at radius 2 is 2.00 bits per heavy atom. The van der Waals surface area contributed by atoms with Crippen LogP contribution < -0.4 is 9.62 Å². The first-order chi connectivity index (χ1) is 13.4. The number of hydrogen-bond acceptors (Lipinski definition) is 4. The molecule has 1 amide bonds. The Kier molecular flexibility index (Phi) is 6.36. The Morgan fingerprint density at radius 1 is 1.21 bits per heavy atom. The molecule has 0 fully saturated rings. The Balaban J connectivity index is 1.79. The molecule has 0 saturated carbocycles. The first-order valence-corrected chi connectivity index (χ1v) is 11.0. The average Bonchev–Trinajstić information content (AvgIpc) is 3.04. The zero-order valence-electron chi connectivity index (χ0n) is 16.2. The lowest BCUT2D eigenvalue weighted by Gasteiger charge is -2.24. The fraction of sp³-hybridized carbons (Fsp3) is 0.381. The molecule has 0 aliphatic carbocycles. The fourth-order valence-corrected chi connectivity index (χ4v) is 5.18. The number of para-hydroxylation sites is 1. The second-order valence-corrected chi connectivity index (χ2v) is 8.63. The molecular formula is C21H26N2O4S. The average molecular weight is 403 g/mol. The summed E-state index contributed by atoms with van der Waals surface area (Å²) in [6, 6.07) is 13.6. The first kappa shape index (κ1) is 20.4. The van der Waals surface area contributed by atoms with Crippen molar-refractivity contribution in [3.63, 3.8) is 0 Å². The summed E-state index contributed by atoms with van der Waals surface area (Å²) in [5.41, 5.74) is 2.06. The summed E-state index contributed by atoms with van der Waals surface area (Å²) < 4.78 is 33.3. The largest absolute Gasteiger partial charge is 0.382 e. The van der Waals surface area contributed by atoms with Crippen molar-refractivity contribution in [1.82, 2.24) is 5.32 Å². The molecule has 1 aliphatic rings. The van der Waals surface area contributed by atoms with Crippen molar-refractivity contribution in [3.05, 3.63) is 59.7 Å². The highest BCUT2D eigenvalue weighted by molar-refractivity contribution is 7.92. The lowest BCUT2D eigenvalue weighted by molar-refractivity contribution is 0.0944. The fourth-order valence-electron chi connectivity index (χ4n) is 3.44. The maximum Gasteiger partial charge on any atom is 0.264 e. The van der Waals surface area contributed by atoms with Gasteiger partial charge in [0.1, 0.15) is 0 Å². The number of nitrogens with one attached hydrogen (secondary N) is 1. The molecule has 28 heavy (non-hydrogen) atoms. The molecule has 1 atom stereocenters. The molecule has 3 rings (SSSR count). The molecule has 7 heteroatoms. The maximum atomic E-state index is 13.3. The minimum atomic E-state index is -3.76. The van der Waals surface area contributed by atoms with Crippen LogP contribution in [-0.4, -0.2) is 40.1 Å². The number of sulfonamides is 1. The van der Waals surface area contributed by atoms with Gasteiger partial charge in [-0.05, 0) is 56.5 Å². The predicted molar refractivity (Wildman–Crippen MR) is 109 cm³/mol.